The lowest BCUT2D eigenvalue weighted by molar-refractivity contribution is 0.0381. The Morgan fingerprint density at radius 3 is 2.89 bits per heavy atom. The molecule has 1 amide bonds. The van der Waals surface area contributed by atoms with Crippen LogP contribution in [0.4, 0.5) is 4.79 Å². The van der Waals surface area contributed by atoms with Crippen molar-refractivity contribution in [2.24, 2.45) is 5.41 Å². The maximum Gasteiger partial charge on any atom is 0.407 e. The molecule has 0 spiro atoms. The second-order valence-electron chi connectivity index (χ2n) is 5.07. The molecule has 1 fully saturated rings. The summed E-state index contributed by atoms with van der Waals surface area (Å²) in [7, 11) is 1.53. The molecule has 1 heterocycles. The molecule has 0 saturated carbocycles. The Labute approximate surface area is 106 Å². The zero-order valence-corrected chi connectivity index (χ0v) is 10.7. The lowest BCUT2D eigenvalue weighted by Crippen LogP contribution is -2.47. The van der Waals surface area contributed by atoms with E-state index in [2.05, 4.69) is 5.32 Å². The molecule has 5 nitrogen and oxygen atoms in total. The predicted octanol–water partition coefficient (Wildman–Crippen LogP) is 2.21. The summed E-state index contributed by atoms with van der Waals surface area (Å²) in [6.07, 6.45) is -0.436. The van der Waals surface area contributed by atoms with Gasteiger partial charge in [-0.15, -0.1) is 0 Å². The number of rotatable bonds is 2. The van der Waals surface area contributed by atoms with Gasteiger partial charge in [-0.05, 0) is 12.1 Å². The molecule has 0 unspecified atom stereocenters. The number of alkyl carbamates (subject to hydrolysis) is 1. The van der Waals surface area contributed by atoms with Crippen molar-refractivity contribution < 1.29 is 19.4 Å². The fraction of sp³-hybridized carbons (Fsp3) is 0.462. The summed E-state index contributed by atoms with van der Waals surface area (Å²) >= 11 is 0. The summed E-state index contributed by atoms with van der Waals surface area (Å²) in [5.41, 5.74) is 0.579. The van der Waals surface area contributed by atoms with E-state index in [4.69, 9.17) is 9.47 Å². The van der Waals surface area contributed by atoms with Crippen LogP contribution >= 0.6 is 0 Å². The average Bonchev–Trinajstić information content (AvgIpc) is 2.32. The van der Waals surface area contributed by atoms with E-state index >= 15 is 0 Å². The highest BCUT2D eigenvalue weighted by Gasteiger charge is 2.39. The quantitative estimate of drug-likeness (QED) is 0.845. The first-order chi connectivity index (χ1) is 8.44. The highest BCUT2D eigenvalue weighted by atomic mass is 16.6. The van der Waals surface area contributed by atoms with Crippen LogP contribution in [0.5, 0.6) is 11.5 Å². The number of methoxy groups -OCH3 is 1. The number of phenolic OH excluding ortho intramolecular Hbond substituents is 1. The van der Waals surface area contributed by atoms with Crippen LogP contribution in [0, 0.1) is 5.41 Å². The van der Waals surface area contributed by atoms with Crippen LogP contribution in [0.25, 0.3) is 0 Å². The average molecular weight is 251 g/mol. The standard InChI is InChI=1S/C13H17NO4/c1-13(2)7-18-12(16)14-11(13)9-5-4-8(15)6-10(9)17-3/h4-6,11,15H,7H2,1-3H3,(H,14,16)/t11-/m0/s1. The van der Waals surface area contributed by atoms with Crippen molar-refractivity contribution in [1.82, 2.24) is 5.32 Å². The molecule has 2 rings (SSSR count). The molecule has 98 valence electrons. The molecule has 0 bridgehead atoms. The second-order valence-corrected chi connectivity index (χ2v) is 5.07. The molecular weight excluding hydrogens is 234 g/mol. The molecule has 18 heavy (non-hydrogen) atoms. The van der Waals surface area contributed by atoms with Crippen LogP contribution < -0.4 is 10.1 Å². The van der Waals surface area contributed by atoms with Crippen molar-refractivity contribution >= 4 is 6.09 Å². The van der Waals surface area contributed by atoms with Gasteiger partial charge in [0, 0.05) is 17.0 Å². The fourth-order valence-electron chi connectivity index (χ4n) is 2.13. The Balaban J connectivity index is 2.42. The monoisotopic (exact) mass is 251 g/mol. The fourth-order valence-corrected chi connectivity index (χ4v) is 2.13. The third-order valence-corrected chi connectivity index (χ3v) is 3.15. The van der Waals surface area contributed by atoms with Crippen molar-refractivity contribution in [2.75, 3.05) is 13.7 Å². The highest BCUT2D eigenvalue weighted by Crippen LogP contribution is 2.41. The van der Waals surface area contributed by atoms with E-state index in [1.165, 1.54) is 13.2 Å². The molecule has 2 N–H and O–H groups in total. The first kappa shape index (κ1) is 12.5. The molecule has 0 radical (unpaired) electrons. The van der Waals surface area contributed by atoms with Crippen LogP contribution in [0.15, 0.2) is 18.2 Å². The largest absolute Gasteiger partial charge is 0.508 e. The zero-order valence-electron chi connectivity index (χ0n) is 10.7. The van der Waals surface area contributed by atoms with Gasteiger partial charge in [-0.1, -0.05) is 13.8 Å². The SMILES string of the molecule is COc1cc(O)ccc1[C@@H]1NC(=O)OCC1(C)C. The summed E-state index contributed by atoms with van der Waals surface area (Å²) in [4.78, 5) is 11.4. The lowest BCUT2D eigenvalue weighted by atomic mass is 9.80. The summed E-state index contributed by atoms with van der Waals surface area (Å²) in [6.45, 7) is 4.35. The van der Waals surface area contributed by atoms with E-state index < -0.39 is 6.09 Å². The highest BCUT2D eigenvalue weighted by molar-refractivity contribution is 5.69. The van der Waals surface area contributed by atoms with Crippen LogP contribution in [-0.4, -0.2) is 24.9 Å². The normalized spacial score (nSPS) is 21.9. The van der Waals surface area contributed by atoms with Gasteiger partial charge in [-0.2, -0.15) is 0 Å². The van der Waals surface area contributed by atoms with E-state index in [0.29, 0.717) is 12.4 Å². The number of phenols is 1. The third kappa shape index (κ3) is 2.20. The van der Waals surface area contributed by atoms with E-state index in [1.807, 2.05) is 13.8 Å². The maximum atomic E-state index is 11.4. The number of cyclic esters (lactones) is 1. The molecule has 1 aromatic rings. The molecule has 5 heteroatoms. The summed E-state index contributed by atoms with van der Waals surface area (Å²) in [5.74, 6) is 0.682. The third-order valence-electron chi connectivity index (χ3n) is 3.15. The Kier molecular flexibility index (Phi) is 3.07. The van der Waals surface area contributed by atoms with Crippen molar-refractivity contribution in [2.45, 2.75) is 19.9 Å². The Morgan fingerprint density at radius 2 is 2.22 bits per heavy atom. The molecular formula is C13H17NO4. The number of hydrogen-bond acceptors (Lipinski definition) is 4. The number of aromatic hydroxyl groups is 1. The smallest absolute Gasteiger partial charge is 0.407 e. The molecule has 1 atom stereocenters. The van der Waals surface area contributed by atoms with Gasteiger partial charge in [0.2, 0.25) is 0 Å². The number of carbonyl (C=O) groups excluding carboxylic acids is 1. The summed E-state index contributed by atoms with van der Waals surface area (Å²) < 4.78 is 10.3. The Hall–Kier alpha value is -1.91. The maximum absolute atomic E-state index is 11.4. The Morgan fingerprint density at radius 1 is 1.50 bits per heavy atom. The zero-order chi connectivity index (χ0) is 13.3. The summed E-state index contributed by atoms with van der Waals surface area (Å²) in [6, 6.07) is 4.66. The van der Waals surface area contributed by atoms with E-state index in [-0.39, 0.29) is 17.2 Å². The first-order valence-corrected chi connectivity index (χ1v) is 5.74. The van der Waals surface area contributed by atoms with Crippen molar-refractivity contribution in [3.05, 3.63) is 23.8 Å². The number of benzene rings is 1. The first-order valence-electron chi connectivity index (χ1n) is 5.74. The van der Waals surface area contributed by atoms with Gasteiger partial charge in [-0.3, -0.25) is 0 Å². The molecule has 1 aromatic carbocycles. The number of nitrogens with one attached hydrogen (secondary N) is 1. The van der Waals surface area contributed by atoms with Crippen LogP contribution in [-0.2, 0) is 4.74 Å². The minimum absolute atomic E-state index is 0.131. The van der Waals surface area contributed by atoms with Crippen molar-refractivity contribution in [3.8, 4) is 11.5 Å². The molecule has 1 aliphatic rings. The van der Waals surface area contributed by atoms with Crippen molar-refractivity contribution in [3.63, 3.8) is 0 Å². The van der Waals surface area contributed by atoms with E-state index in [0.717, 1.165) is 5.56 Å². The predicted molar refractivity (Wildman–Crippen MR) is 65.7 cm³/mol. The van der Waals surface area contributed by atoms with Gasteiger partial charge in [0.25, 0.3) is 0 Å². The lowest BCUT2D eigenvalue weighted by Gasteiger charge is -2.39. The van der Waals surface area contributed by atoms with E-state index in [9.17, 15) is 9.90 Å². The minimum Gasteiger partial charge on any atom is -0.508 e. The molecule has 1 aliphatic heterocycles. The van der Waals surface area contributed by atoms with Crippen LogP contribution in [0.1, 0.15) is 25.5 Å². The van der Waals surface area contributed by atoms with Crippen LogP contribution in [0.2, 0.25) is 0 Å². The number of ether oxygens (including phenoxy) is 2. The van der Waals surface area contributed by atoms with Gasteiger partial charge in [-0.25, -0.2) is 4.79 Å². The van der Waals surface area contributed by atoms with Gasteiger partial charge in [0.1, 0.15) is 18.1 Å². The molecule has 0 aromatic heterocycles. The molecule has 1 saturated heterocycles. The minimum atomic E-state index is -0.436. The van der Waals surface area contributed by atoms with Gasteiger partial charge in [0.05, 0.1) is 13.2 Å². The van der Waals surface area contributed by atoms with E-state index in [1.54, 1.807) is 12.1 Å². The Bertz CT molecular complexity index is 470. The number of amides is 1. The van der Waals surface area contributed by atoms with Crippen LogP contribution in [0.3, 0.4) is 0 Å². The topological polar surface area (TPSA) is 67.8 Å². The number of carbonyl (C=O) groups is 1. The van der Waals surface area contributed by atoms with Gasteiger partial charge in [0.15, 0.2) is 0 Å². The van der Waals surface area contributed by atoms with Gasteiger partial charge < -0.3 is 19.9 Å². The van der Waals surface area contributed by atoms with Gasteiger partial charge >= 0.3 is 6.09 Å². The summed E-state index contributed by atoms with van der Waals surface area (Å²) in [5, 5.41) is 12.3. The molecule has 0 aliphatic carbocycles. The number of hydrogen-bond donors (Lipinski definition) is 2. The second kappa shape index (κ2) is 4.40. The van der Waals surface area contributed by atoms with Crippen molar-refractivity contribution in [1.29, 1.82) is 0 Å².